The Morgan fingerprint density at radius 1 is 0.765 bits per heavy atom. The fraction of sp³-hybridized carbons (Fsp3) is 0.357. The molecule has 1 heterocycles. The van der Waals surface area contributed by atoms with Crippen LogP contribution in [0.2, 0.25) is 0 Å². The first-order valence-electron chi connectivity index (χ1n) is 5.92. The number of hydrogen-bond acceptors (Lipinski definition) is 3. The molecule has 0 aliphatic heterocycles. The molecule has 0 bridgehead atoms. The van der Waals surface area contributed by atoms with E-state index in [1.807, 2.05) is 45.9 Å². The summed E-state index contributed by atoms with van der Waals surface area (Å²) >= 11 is 0. The van der Waals surface area contributed by atoms with Crippen molar-refractivity contribution in [1.29, 1.82) is 0 Å². The van der Waals surface area contributed by atoms with Gasteiger partial charge in [-0.3, -0.25) is 0 Å². The van der Waals surface area contributed by atoms with Crippen molar-refractivity contribution in [1.82, 2.24) is 15.0 Å². The second kappa shape index (κ2) is 6.09. The predicted molar refractivity (Wildman–Crippen MR) is 70.8 cm³/mol. The Labute approximate surface area is 103 Å². The molecule has 0 atom stereocenters. The molecule has 2 aromatic rings. The molecule has 3 heteroatoms. The predicted octanol–water partition coefficient (Wildman–Crippen LogP) is 3.49. The van der Waals surface area contributed by atoms with Gasteiger partial charge in [0.1, 0.15) is 11.6 Å². The van der Waals surface area contributed by atoms with Gasteiger partial charge in [0.25, 0.3) is 0 Å². The summed E-state index contributed by atoms with van der Waals surface area (Å²) in [5.41, 5.74) is 2.26. The van der Waals surface area contributed by atoms with Gasteiger partial charge in [-0.2, -0.15) is 0 Å². The number of nitrogens with zero attached hydrogens (tertiary/aromatic N) is 3. The maximum atomic E-state index is 4.34. The van der Waals surface area contributed by atoms with E-state index < -0.39 is 0 Å². The molecule has 0 radical (unpaired) electrons. The lowest BCUT2D eigenvalue weighted by Gasteiger charge is -2.05. The van der Waals surface area contributed by atoms with Gasteiger partial charge in [0.2, 0.25) is 0 Å². The monoisotopic (exact) mass is 229 g/mol. The standard InChI is InChI=1S/C12H13N3.C2H6/c1-8-6-4-5-7-11(8)12-14-9(2)13-10(3)15-12;1-2/h4-7H,1-3H3;1-2H3. The van der Waals surface area contributed by atoms with Crippen molar-refractivity contribution in [3.8, 4) is 11.4 Å². The first-order valence-corrected chi connectivity index (χ1v) is 5.92. The zero-order valence-electron chi connectivity index (χ0n) is 11.2. The van der Waals surface area contributed by atoms with E-state index in [1.54, 1.807) is 0 Å². The van der Waals surface area contributed by atoms with Crippen molar-refractivity contribution in [3.05, 3.63) is 41.5 Å². The molecule has 0 aliphatic carbocycles. The smallest absolute Gasteiger partial charge is 0.163 e. The first kappa shape index (κ1) is 13.3. The normalized spacial score (nSPS) is 9.47. The van der Waals surface area contributed by atoms with Crippen LogP contribution in [0.5, 0.6) is 0 Å². The summed E-state index contributed by atoms with van der Waals surface area (Å²) in [6.07, 6.45) is 0. The average molecular weight is 229 g/mol. The highest BCUT2D eigenvalue weighted by atomic mass is 15.0. The Balaban J connectivity index is 0.000000686. The molecule has 17 heavy (non-hydrogen) atoms. The topological polar surface area (TPSA) is 38.7 Å². The summed E-state index contributed by atoms with van der Waals surface area (Å²) in [5, 5.41) is 0. The second-order valence-corrected chi connectivity index (χ2v) is 3.57. The molecular formula is C14H19N3. The van der Waals surface area contributed by atoms with E-state index >= 15 is 0 Å². The third kappa shape index (κ3) is 3.34. The van der Waals surface area contributed by atoms with Crippen LogP contribution in [0.3, 0.4) is 0 Å². The molecule has 0 N–H and O–H groups in total. The molecule has 0 aliphatic rings. The van der Waals surface area contributed by atoms with E-state index in [1.165, 1.54) is 5.56 Å². The Bertz CT molecular complexity index is 472. The Morgan fingerprint density at radius 3 is 1.82 bits per heavy atom. The maximum absolute atomic E-state index is 4.34. The van der Waals surface area contributed by atoms with Crippen LogP contribution >= 0.6 is 0 Å². The quantitative estimate of drug-likeness (QED) is 0.751. The minimum atomic E-state index is 0.762. The van der Waals surface area contributed by atoms with Crippen LogP contribution in [0.4, 0.5) is 0 Å². The number of aryl methyl sites for hydroxylation is 3. The molecule has 3 nitrogen and oxygen atoms in total. The van der Waals surface area contributed by atoms with Gasteiger partial charge in [-0.25, -0.2) is 15.0 Å². The molecule has 1 aromatic heterocycles. The van der Waals surface area contributed by atoms with E-state index in [0.29, 0.717) is 0 Å². The molecule has 0 saturated carbocycles. The van der Waals surface area contributed by atoms with Crippen LogP contribution in [0.25, 0.3) is 11.4 Å². The first-order chi connectivity index (χ1) is 8.16. The van der Waals surface area contributed by atoms with Crippen molar-refractivity contribution in [3.63, 3.8) is 0 Å². The van der Waals surface area contributed by atoms with Gasteiger partial charge in [-0.05, 0) is 26.3 Å². The zero-order valence-corrected chi connectivity index (χ0v) is 11.2. The van der Waals surface area contributed by atoms with E-state index in [-0.39, 0.29) is 0 Å². The summed E-state index contributed by atoms with van der Waals surface area (Å²) in [6.45, 7) is 9.83. The van der Waals surface area contributed by atoms with Crippen LogP contribution in [0.1, 0.15) is 31.1 Å². The molecule has 0 spiro atoms. The fourth-order valence-electron chi connectivity index (χ4n) is 1.56. The Morgan fingerprint density at radius 2 is 1.29 bits per heavy atom. The highest BCUT2D eigenvalue weighted by Gasteiger charge is 2.05. The van der Waals surface area contributed by atoms with Gasteiger partial charge >= 0.3 is 0 Å². The van der Waals surface area contributed by atoms with E-state index in [4.69, 9.17) is 0 Å². The molecule has 0 amide bonds. The summed E-state index contributed by atoms with van der Waals surface area (Å²) in [5.74, 6) is 2.29. The molecule has 0 saturated heterocycles. The van der Waals surface area contributed by atoms with Crippen LogP contribution in [0, 0.1) is 20.8 Å². The highest BCUT2D eigenvalue weighted by Crippen LogP contribution is 2.18. The van der Waals surface area contributed by atoms with Crippen molar-refractivity contribution >= 4 is 0 Å². The number of hydrogen-bond donors (Lipinski definition) is 0. The minimum Gasteiger partial charge on any atom is -0.219 e. The van der Waals surface area contributed by atoms with Crippen LogP contribution in [-0.4, -0.2) is 15.0 Å². The van der Waals surface area contributed by atoms with Crippen molar-refractivity contribution in [2.45, 2.75) is 34.6 Å². The summed E-state index contributed by atoms with van der Waals surface area (Å²) in [7, 11) is 0. The zero-order chi connectivity index (χ0) is 12.8. The van der Waals surface area contributed by atoms with Gasteiger partial charge in [0, 0.05) is 5.56 Å². The molecule has 0 fully saturated rings. The molecule has 90 valence electrons. The van der Waals surface area contributed by atoms with Gasteiger partial charge in [-0.1, -0.05) is 38.1 Å². The fourth-order valence-corrected chi connectivity index (χ4v) is 1.56. The Kier molecular flexibility index (Phi) is 4.76. The van der Waals surface area contributed by atoms with E-state index in [0.717, 1.165) is 23.0 Å². The van der Waals surface area contributed by atoms with Crippen molar-refractivity contribution in [2.24, 2.45) is 0 Å². The average Bonchev–Trinajstić information content (AvgIpc) is 2.31. The summed E-state index contributed by atoms with van der Waals surface area (Å²) < 4.78 is 0. The Hall–Kier alpha value is -1.77. The van der Waals surface area contributed by atoms with Gasteiger partial charge in [0.15, 0.2) is 5.82 Å². The molecule has 0 unspecified atom stereocenters. The van der Waals surface area contributed by atoms with Crippen LogP contribution in [0.15, 0.2) is 24.3 Å². The lowest BCUT2D eigenvalue weighted by Crippen LogP contribution is -1.99. The minimum absolute atomic E-state index is 0.762. The van der Waals surface area contributed by atoms with Crippen molar-refractivity contribution < 1.29 is 0 Å². The third-order valence-electron chi connectivity index (χ3n) is 2.24. The van der Waals surface area contributed by atoms with E-state index in [9.17, 15) is 0 Å². The lowest BCUT2D eigenvalue weighted by atomic mass is 10.1. The number of aromatic nitrogens is 3. The maximum Gasteiger partial charge on any atom is 0.163 e. The molecule has 1 aromatic carbocycles. The van der Waals surface area contributed by atoms with Crippen molar-refractivity contribution in [2.75, 3.05) is 0 Å². The third-order valence-corrected chi connectivity index (χ3v) is 2.24. The second-order valence-electron chi connectivity index (χ2n) is 3.57. The van der Waals surface area contributed by atoms with E-state index in [2.05, 4.69) is 27.9 Å². The SMILES string of the molecule is CC.Cc1nc(C)nc(-c2ccccc2C)n1. The van der Waals surface area contributed by atoms with Gasteiger partial charge < -0.3 is 0 Å². The summed E-state index contributed by atoms with van der Waals surface area (Å²) in [4.78, 5) is 12.9. The number of benzene rings is 1. The van der Waals surface area contributed by atoms with Crippen LogP contribution < -0.4 is 0 Å². The lowest BCUT2D eigenvalue weighted by molar-refractivity contribution is 0.927. The summed E-state index contributed by atoms with van der Waals surface area (Å²) in [6, 6.07) is 8.10. The largest absolute Gasteiger partial charge is 0.219 e. The molecular weight excluding hydrogens is 210 g/mol. The number of rotatable bonds is 1. The van der Waals surface area contributed by atoms with Gasteiger partial charge in [-0.15, -0.1) is 0 Å². The van der Waals surface area contributed by atoms with Crippen LogP contribution in [-0.2, 0) is 0 Å². The highest BCUT2D eigenvalue weighted by molar-refractivity contribution is 5.59. The molecule has 2 rings (SSSR count). The van der Waals surface area contributed by atoms with Gasteiger partial charge in [0.05, 0.1) is 0 Å².